The normalized spacial score (nSPS) is 10.3. The summed E-state index contributed by atoms with van der Waals surface area (Å²) in [6, 6.07) is 10.6. The number of halogens is 3. The van der Waals surface area contributed by atoms with Crippen molar-refractivity contribution in [1.82, 2.24) is 0 Å². The molecule has 0 saturated carbocycles. The number of hydrogen-bond donors (Lipinski definition) is 0. The van der Waals surface area contributed by atoms with Gasteiger partial charge in [0, 0.05) is 13.9 Å². The molecule has 3 nitrogen and oxygen atoms in total. The molecule has 0 radical (unpaired) electrons. The predicted octanol–water partition coefficient (Wildman–Crippen LogP) is 5.42. The zero-order valence-electron chi connectivity index (χ0n) is 11.0. The van der Waals surface area contributed by atoms with Gasteiger partial charge in [-0.3, -0.25) is 0 Å². The molecule has 0 N–H and O–H groups in total. The molecule has 2 rings (SSSR count). The smallest absolute Gasteiger partial charge is 0.339 e. The first-order valence-electron chi connectivity index (χ1n) is 5.95. The second kappa shape index (κ2) is 7.47. The van der Waals surface area contributed by atoms with Crippen molar-refractivity contribution >= 4 is 56.1 Å². The van der Waals surface area contributed by atoms with Gasteiger partial charge in [-0.1, -0.05) is 27.5 Å². The Balaban J connectivity index is 2.39. The second-order valence-electron chi connectivity index (χ2n) is 4.13. The molecular weight excluding hydrogens is 470 g/mol. The zero-order valence-corrected chi connectivity index (χ0v) is 15.5. The van der Waals surface area contributed by atoms with Gasteiger partial charge in [0.1, 0.15) is 11.5 Å². The number of carbonyl (C=O) groups excluding carboxylic acids is 1. The Kier molecular flexibility index (Phi) is 5.89. The van der Waals surface area contributed by atoms with Crippen LogP contribution < -0.4 is 4.74 Å². The number of hydrogen-bond acceptors (Lipinski definition) is 3. The third-order valence-electron chi connectivity index (χ3n) is 2.72. The van der Waals surface area contributed by atoms with E-state index in [0.717, 1.165) is 9.13 Å². The van der Waals surface area contributed by atoms with Crippen LogP contribution in [0.15, 0.2) is 36.4 Å². The quantitative estimate of drug-likeness (QED) is 0.333. The van der Waals surface area contributed by atoms with Crippen LogP contribution in [-0.2, 0) is 10.1 Å². The fourth-order valence-electron chi connectivity index (χ4n) is 1.71. The lowest BCUT2D eigenvalue weighted by molar-refractivity contribution is 0.0599. The van der Waals surface area contributed by atoms with E-state index >= 15 is 0 Å². The average molecular weight is 482 g/mol. The van der Waals surface area contributed by atoms with Crippen molar-refractivity contribution in [3.8, 4) is 11.5 Å². The lowest BCUT2D eigenvalue weighted by Crippen LogP contribution is -2.06. The summed E-state index contributed by atoms with van der Waals surface area (Å²) in [5.74, 6) is 0.840. The Bertz CT molecular complexity index is 659. The van der Waals surface area contributed by atoms with Crippen LogP contribution >= 0.6 is 50.1 Å². The zero-order chi connectivity index (χ0) is 15.4. The standard InChI is InChI=1S/C15H11BrClIO3/c1-20-15(19)13-7-12(6-9(8-16)14(13)18)21-11-4-2-10(17)3-5-11/h2-7H,8H2,1H3. The minimum absolute atomic E-state index is 0.386. The Morgan fingerprint density at radius 3 is 2.48 bits per heavy atom. The minimum Gasteiger partial charge on any atom is -0.465 e. The molecule has 0 aliphatic rings. The second-order valence-corrected chi connectivity index (χ2v) is 6.20. The van der Waals surface area contributed by atoms with Crippen molar-refractivity contribution in [2.45, 2.75) is 5.33 Å². The van der Waals surface area contributed by atoms with Crippen LogP contribution in [0.5, 0.6) is 11.5 Å². The first-order valence-corrected chi connectivity index (χ1v) is 8.53. The van der Waals surface area contributed by atoms with Gasteiger partial charge in [-0.25, -0.2) is 4.79 Å². The first-order chi connectivity index (χ1) is 10.0. The monoisotopic (exact) mass is 480 g/mol. The van der Waals surface area contributed by atoms with Gasteiger partial charge in [-0.2, -0.15) is 0 Å². The summed E-state index contributed by atoms with van der Waals surface area (Å²) in [7, 11) is 1.36. The molecule has 0 aliphatic carbocycles. The maximum absolute atomic E-state index is 11.8. The molecule has 0 spiro atoms. The fourth-order valence-corrected chi connectivity index (χ4v) is 3.52. The molecule has 0 fully saturated rings. The number of ether oxygens (including phenoxy) is 2. The number of carbonyl (C=O) groups is 1. The molecule has 0 aromatic heterocycles. The van der Waals surface area contributed by atoms with Gasteiger partial charge in [0.25, 0.3) is 0 Å². The summed E-state index contributed by atoms with van der Waals surface area (Å²) in [4.78, 5) is 11.8. The van der Waals surface area contributed by atoms with Crippen LogP contribution in [0, 0.1) is 3.57 Å². The number of alkyl halides is 1. The van der Waals surface area contributed by atoms with Crippen molar-refractivity contribution in [1.29, 1.82) is 0 Å². The van der Waals surface area contributed by atoms with Gasteiger partial charge in [-0.15, -0.1) is 0 Å². The Labute approximate surface area is 149 Å². The third-order valence-corrected chi connectivity index (χ3v) is 4.85. The first kappa shape index (κ1) is 16.6. The van der Waals surface area contributed by atoms with Crippen LogP contribution in [0.2, 0.25) is 5.02 Å². The van der Waals surface area contributed by atoms with Crippen LogP contribution in [0.3, 0.4) is 0 Å². The Hall–Kier alpha value is -0.790. The topological polar surface area (TPSA) is 35.5 Å². The molecule has 0 saturated heterocycles. The molecule has 0 unspecified atom stereocenters. The highest BCUT2D eigenvalue weighted by atomic mass is 127. The highest BCUT2D eigenvalue weighted by Gasteiger charge is 2.16. The molecule has 0 bridgehead atoms. The van der Waals surface area contributed by atoms with Gasteiger partial charge >= 0.3 is 5.97 Å². The van der Waals surface area contributed by atoms with Gasteiger partial charge in [0.15, 0.2) is 0 Å². The van der Waals surface area contributed by atoms with Gasteiger partial charge in [0.05, 0.1) is 12.7 Å². The molecule has 6 heteroatoms. The van der Waals surface area contributed by atoms with Gasteiger partial charge in [-0.05, 0) is 64.6 Å². The molecule has 0 aliphatic heterocycles. The minimum atomic E-state index is -0.386. The van der Waals surface area contributed by atoms with E-state index in [1.807, 2.05) is 6.07 Å². The number of esters is 1. The van der Waals surface area contributed by atoms with Crippen LogP contribution in [0.1, 0.15) is 15.9 Å². The van der Waals surface area contributed by atoms with Crippen LogP contribution in [0.25, 0.3) is 0 Å². The van der Waals surface area contributed by atoms with Gasteiger partial charge < -0.3 is 9.47 Å². The van der Waals surface area contributed by atoms with E-state index in [2.05, 4.69) is 38.5 Å². The van der Waals surface area contributed by atoms with E-state index in [1.165, 1.54) is 7.11 Å². The fraction of sp³-hybridized carbons (Fsp3) is 0.133. The molecule has 0 amide bonds. The van der Waals surface area contributed by atoms with E-state index in [9.17, 15) is 4.79 Å². The summed E-state index contributed by atoms with van der Waals surface area (Å²) in [5, 5.41) is 1.26. The summed E-state index contributed by atoms with van der Waals surface area (Å²) < 4.78 is 11.4. The van der Waals surface area contributed by atoms with Crippen LogP contribution in [0.4, 0.5) is 0 Å². The average Bonchev–Trinajstić information content (AvgIpc) is 2.50. The SMILES string of the molecule is COC(=O)c1cc(Oc2ccc(Cl)cc2)cc(CBr)c1I. The molecule has 0 atom stereocenters. The van der Waals surface area contributed by atoms with Crippen molar-refractivity contribution in [3.63, 3.8) is 0 Å². The molecule has 21 heavy (non-hydrogen) atoms. The van der Waals surface area contributed by atoms with Crippen molar-refractivity contribution in [2.75, 3.05) is 7.11 Å². The lowest BCUT2D eigenvalue weighted by Gasteiger charge is -2.12. The molecule has 2 aromatic carbocycles. The highest BCUT2D eigenvalue weighted by Crippen LogP contribution is 2.30. The lowest BCUT2D eigenvalue weighted by atomic mass is 10.1. The predicted molar refractivity (Wildman–Crippen MR) is 94.7 cm³/mol. The maximum Gasteiger partial charge on any atom is 0.339 e. The van der Waals surface area contributed by atoms with Crippen molar-refractivity contribution < 1.29 is 14.3 Å². The molecule has 2 aromatic rings. The van der Waals surface area contributed by atoms with Gasteiger partial charge in [0.2, 0.25) is 0 Å². The number of rotatable bonds is 4. The Morgan fingerprint density at radius 1 is 1.24 bits per heavy atom. The summed E-state index contributed by atoms with van der Waals surface area (Å²) in [6.07, 6.45) is 0. The van der Waals surface area contributed by atoms with Crippen molar-refractivity contribution in [2.24, 2.45) is 0 Å². The van der Waals surface area contributed by atoms with E-state index in [-0.39, 0.29) is 5.97 Å². The third kappa shape index (κ3) is 4.11. The molecule has 0 heterocycles. The molecular formula is C15H11BrClIO3. The number of methoxy groups -OCH3 is 1. The highest BCUT2D eigenvalue weighted by molar-refractivity contribution is 14.1. The maximum atomic E-state index is 11.8. The summed E-state index contributed by atoms with van der Waals surface area (Å²) >= 11 is 11.4. The van der Waals surface area contributed by atoms with E-state index in [4.69, 9.17) is 21.1 Å². The van der Waals surface area contributed by atoms with Crippen molar-refractivity contribution in [3.05, 3.63) is 56.1 Å². The van der Waals surface area contributed by atoms with Crippen LogP contribution in [-0.4, -0.2) is 13.1 Å². The summed E-state index contributed by atoms with van der Waals surface area (Å²) in [6.45, 7) is 0. The largest absolute Gasteiger partial charge is 0.465 e. The Morgan fingerprint density at radius 2 is 1.90 bits per heavy atom. The van der Waals surface area contributed by atoms with E-state index in [0.29, 0.717) is 27.4 Å². The van der Waals surface area contributed by atoms with E-state index < -0.39 is 0 Å². The molecule has 110 valence electrons. The summed E-state index contributed by atoms with van der Waals surface area (Å²) in [5.41, 5.74) is 1.45. The van der Waals surface area contributed by atoms with E-state index in [1.54, 1.807) is 30.3 Å². The number of benzene rings is 2.